The molecule has 1 atom stereocenters. The zero-order valence-electron chi connectivity index (χ0n) is 19.5. The lowest BCUT2D eigenvalue weighted by atomic mass is 10.0. The highest BCUT2D eigenvalue weighted by molar-refractivity contribution is 5.86. The van der Waals surface area contributed by atoms with E-state index in [0.717, 1.165) is 67.1 Å². The van der Waals surface area contributed by atoms with Crippen molar-refractivity contribution in [3.8, 4) is 28.3 Å². The van der Waals surface area contributed by atoms with Gasteiger partial charge < -0.3 is 14.2 Å². The molecule has 1 aliphatic heterocycles. The normalized spacial score (nSPS) is 17.9. The lowest BCUT2D eigenvalue weighted by Crippen LogP contribution is -2.30. The molecule has 1 saturated heterocycles. The molecule has 172 valence electrons. The third-order valence-electron chi connectivity index (χ3n) is 7.18. The maximum absolute atomic E-state index is 12.6. The average Bonchev–Trinajstić information content (AvgIpc) is 3.53. The number of amides is 1. The van der Waals surface area contributed by atoms with Gasteiger partial charge in [-0.05, 0) is 48.4 Å². The van der Waals surface area contributed by atoms with Crippen LogP contribution in [-0.2, 0) is 11.3 Å². The minimum atomic E-state index is 0.288. The van der Waals surface area contributed by atoms with Gasteiger partial charge in [0.15, 0.2) is 0 Å². The maximum atomic E-state index is 12.6. The molecular formula is C29H29N3O2. The zero-order chi connectivity index (χ0) is 23.1. The van der Waals surface area contributed by atoms with E-state index in [1.165, 1.54) is 11.1 Å². The first-order chi connectivity index (χ1) is 16.7. The van der Waals surface area contributed by atoms with Gasteiger partial charge in [0, 0.05) is 31.1 Å². The van der Waals surface area contributed by atoms with E-state index in [1.807, 2.05) is 18.2 Å². The third kappa shape index (κ3) is 3.85. The molecule has 1 amide bonds. The van der Waals surface area contributed by atoms with Crippen molar-refractivity contribution in [3.05, 3.63) is 72.8 Å². The summed E-state index contributed by atoms with van der Waals surface area (Å²) in [5.74, 6) is 2.81. The Morgan fingerprint density at radius 2 is 1.65 bits per heavy atom. The summed E-state index contributed by atoms with van der Waals surface area (Å²) in [6.45, 7) is 2.55. The van der Waals surface area contributed by atoms with Crippen LogP contribution in [0.5, 0.6) is 5.75 Å². The summed E-state index contributed by atoms with van der Waals surface area (Å²) in [6, 6.07) is 25.2. The minimum absolute atomic E-state index is 0.288. The number of fused-ring (bicyclic) bond motifs is 1. The quantitative estimate of drug-likeness (QED) is 0.381. The molecule has 4 aromatic rings. The molecule has 5 heteroatoms. The van der Waals surface area contributed by atoms with Gasteiger partial charge in [-0.2, -0.15) is 0 Å². The topological polar surface area (TPSA) is 47.4 Å². The number of aromatic nitrogens is 2. The first-order valence-corrected chi connectivity index (χ1v) is 12.2. The predicted molar refractivity (Wildman–Crippen MR) is 135 cm³/mol. The summed E-state index contributed by atoms with van der Waals surface area (Å²) in [6.07, 6.45) is 3.17. The fraction of sp³-hybridized carbons (Fsp3) is 0.310. The largest absolute Gasteiger partial charge is 0.494 e. The SMILES string of the molecule is COc1cccc2c1nc(-c1ccc(-c3ccccc3)cc1)n2CC1CCN(C(=O)C2CC2)C1. The number of carbonyl (C=O) groups is 1. The van der Waals surface area contributed by atoms with Crippen LogP contribution in [0.15, 0.2) is 72.8 Å². The molecule has 1 saturated carbocycles. The van der Waals surface area contributed by atoms with Gasteiger partial charge in [-0.3, -0.25) is 4.79 Å². The van der Waals surface area contributed by atoms with Crippen LogP contribution in [0, 0.1) is 11.8 Å². The molecule has 2 fully saturated rings. The number of nitrogens with zero attached hydrogens (tertiary/aromatic N) is 3. The molecule has 2 aliphatic rings. The van der Waals surface area contributed by atoms with Gasteiger partial charge in [0.2, 0.25) is 5.91 Å². The number of methoxy groups -OCH3 is 1. The fourth-order valence-corrected chi connectivity index (χ4v) is 5.16. The van der Waals surface area contributed by atoms with Crippen molar-refractivity contribution in [2.24, 2.45) is 11.8 Å². The number of hydrogen-bond acceptors (Lipinski definition) is 3. The standard InChI is InChI=1S/C29H29N3O2/c1-34-26-9-5-8-25-27(26)30-28(23-12-10-22(11-13-23)21-6-3-2-4-7-21)32(25)19-20-16-17-31(18-20)29(33)24-14-15-24/h2-13,20,24H,14-19H2,1H3. The molecular weight excluding hydrogens is 422 g/mol. The smallest absolute Gasteiger partial charge is 0.225 e. The van der Waals surface area contributed by atoms with Crippen LogP contribution in [-0.4, -0.2) is 40.6 Å². The van der Waals surface area contributed by atoms with E-state index in [1.54, 1.807) is 7.11 Å². The van der Waals surface area contributed by atoms with Gasteiger partial charge in [-0.15, -0.1) is 0 Å². The summed E-state index contributed by atoms with van der Waals surface area (Å²) in [4.78, 5) is 19.7. The number of likely N-dealkylation sites (tertiary alicyclic amines) is 1. The van der Waals surface area contributed by atoms with E-state index >= 15 is 0 Å². The fourth-order valence-electron chi connectivity index (χ4n) is 5.16. The maximum Gasteiger partial charge on any atom is 0.225 e. The summed E-state index contributed by atoms with van der Waals surface area (Å²) < 4.78 is 7.96. The van der Waals surface area contributed by atoms with Crippen molar-refractivity contribution < 1.29 is 9.53 Å². The van der Waals surface area contributed by atoms with Crippen molar-refractivity contribution in [3.63, 3.8) is 0 Å². The molecule has 0 spiro atoms. The van der Waals surface area contributed by atoms with E-state index < -0.39 is 0 Å². The summed E-state index contributed by atoms with van der Waals surface area (Å²) in [5, 5.41) is 0. The van der Waals surface area contributed by atoms with Gasteiger partial charge in [0.05, 0.1) is 12.6 Å². The van der Waals surface area contributed by atoms with Crippen molar-refractivity contribution in [1.82, 2.24) is 14.5 Å². The van der Waals surface area contributed by atoms with Crippen LogP contribution in [0.2, 0.25) is 0 Å². The number of para-hydroxylation sites is 1. The molecule has 6 rings (SSSR count). The first kappa shape index (κ1) is 21.0. The lowest BCUT2D eigenvalue weighted by Gasteiger charge is -2.18. The highest BCUT2D eigenvalue weighted by Crippen LogP contribution is 2.35. The van der Waals surface area contributed by atoms with Gasteiger partial charge in [-0.1, -0.05) is 60.7 Å². The summed E-state index contributed by atoms with van der Waals surface area (Å²) >= 11 is 0. The highest BCUT2D eigenvalue weighted by atomic mass is 16.5. The number of benzene rings is 3. The number of hydrogen-bond donors (Lipinski definition) is 0. The van der Waals surface area contributed by atoms with Crippen molar-refractivity contribution in [2.45, 2.75) is 25.8 Å². The van der Waals surface area contributed by atoms with Crippen LogP contribution in [0.3, 0.4) is 0 Å². The van der Waals surface area contributed by atoms with Gasteiger partial charge in [-0.25, -0.2) is 4.98 Å². The van der Waals surface area contributed by atoms with Gasteiger partial charge in [0.25, 0.3) is 0 Å². The van der Waals surface area contributed by atoms with Gasteiger partial charge >= 0.3 is 0 Å². The number of carbonyl (C=O) groups excluding carboxylic acids is 1. The van der Waals surface area contributed by atoms with E-state index in [0.29, 0.717) is 11.8 Å². The Morgan fingerprint density at radius 1 is 0.912 bits per heavy atom. The van der Waals surface area contributed by atoms with Crippen LogP contribution in [0.1, 0.15) is 19.3 Å². The molecule has 5 nitrogen and oxygen atoms in total. The monoisotopic (exact) mass is 451 g/mol. The second-order valence-corrected chi connectivity index (χ2v) is 9.53. The number of ether oxygens (including phenoxy) is 1. The molecule has 1 aromatic heterocycles. The Hall–Kier alpha value is -3.60. The van der Waals surface area contributed by atoms with Crippen molar-refractivity contribution in [1.29, 1.82) is 0 Å². The van der Waals surface area contributed by atoms with E-state index in [9.17, 15) is 4.79 Å². The molecule has 2 heterocycles. The number of imidazole rings is 1. The third-order valence-corrected chi connectivity index (χ3v) is 7.18. The molecule has 1 unspecified atom stereocenters. The Morgan fingerprint density at radius 3 is 2.38 bits per heavy atom. The lowest BCUT2D eigenvalue weighted by molar-refractivity contribution is -0.131. The van der Waals surface area contributed by atoms with E-state index in [2.05, 4.69) is 64.1 Å². The molecule has 0 bridgehead atoms. The van der Waals surface area contributed by atoms with E-state index in [4.69, 9.17) is 9.72 Å². The molecule has 0 radical (unpaired) electrons. The Labute approximate surface area is 200 Å². The van der Waals surface area contributed by atoms with Crippen molar-refractivity contribution >= 4 is 16.9 Å². The zero-order valence-corrected chi connectivity index (χ0v) is 19.5. The first-order valence-electron chi connectivity index (χ1n) is 12.2. The average molecular weight is 452 g/mol. The number of rotatable bonds is 6. The second kappa shape index (κ2) is 8.64. The predicted octanol–water partition coefficient (Wildman–Crippen LogP) is 5.64. The van der Waals surface area contributed by atoms with Gasteiger partial charge in [0.1, 0.15) is 17.1 Å². The summed E-state index contributed by atoms with van der Waals surface area (Å²) in [7, 11) is 1.69. The second-order valence-electron chi connectivity index (χ2n) is 9.53. The Kier molecular flexibility index (Phi) is 5.33. The molecule has 0 N–H and O–H groups in total. The molecule has 3 aromatic carbocycles. The molecule has 1 aliphatic carbocycles. The van der Waals surface area contributed by atoms with Crippen molar-refractivity contribution in [2.75, 3.05) is 20.2 Å². The Bertz CT molecular complexity index is 1320. The van der Waals surface area contributed by atoms with Crippen LogP contribution in [0.25, 0.3) is 33.5 Å². The minimum Gasteiger partial charge on any atom is -0.494 e. The van der Waals surface area contributed by atoms with Crippen LogP contribution >= 0.6 is 0 Å². The highest BCUT2D eigenvalue weighted by Gasteiger charge is 2.36. The Balaban J connectivity index is 1.35. The molecule has 34 heavy (non-hydrogen) atoms. The summed E-state index contributed by atoms with van der Waals surface area (Å²) in [5.41, 5.74) is 5.44. The van der Waals surface area contributed by atoms with Crippen LogP contribution in [0.4, 0.5) is 0 Å². The van der Waals surface area contributed by atoms with Crippen LogP contribution < -0.4 is 4.74 Å². The van der Waals surface area contributed by atoms with E-state index in [-0.39, 0.29) is 5.92 Å².